The van der Waals surface area contributed by atoms with Crippen LogP contribution in [0.2, 0.25) is 0 Å². The zero-order valence-electron chi connectivity index (χ0n) is 18.9. The molecule has 6 heteroatoms. The maximum absolute atomic E-state index is 13.9. The lowest BCUT2D eigenvalue weighted by molar-refractivity contribution is 0.0734. The van der Waals surface area contributed by atoms with Crippen molar-refractivity contribution in [3.63, 3.8) is 0 Å². The van der Waals surface area contributed by atoms with Crippen LogP contribution in [0.5, 0.6) is 0 Å². The van der Waals surface area contributed by atoms with E-state index in [4.69, 9.17) is 0 Å². The number of amides is 2. The first-order valence-corrected chi connectivity index (χ1v) is 12.4. The van der Waals surface area contributed by atoms with Crippen molar-refractivity contribution in [3.05, 3.63) is 59.9 Å². The second kappa shape index (κ2) is 8.32. The molecular formula is C27H30N4O2. The van der Waals surface area contributed by atoms with Crippen LogP contribution in [0.1, 0.15) is 78.1 Å². The van der Waals surface area contributed by atoms with Gasteiger partial charge in [-0.2, -0.15) is 0 Å². The van der Waals surface area contributed by atoms with Gasteiger partial charge in [0, 0.05) is 29.9 Å². The molecule has 0 unspecified atom stereocenters. The molecule has 170 valence electrons. The van der Waals surface area contributed by atoms with E-state index in [9.17, 15) is 9.59 Å². The van der Waals surface area contributed by atoms with Gasteiger partial charge in [0.1, 0.15) is 0 Å². The topological polar surface area (TPSA) is 67.2 Å². The van der Waals surface area contributed by atoms with Crippen molar-refractivity contribution in [1.82, 2.24) is 14.5 Å². The molecule has 2 aliphatic carbocycles. The second-order valence-corrected chi connectivity index (χ2v) is 9.95. The molecule has 2 bridgehead atoms. The molecule has 0 spiro atoms. The maximum Gasteiger partial charge on any atom is 0.256 e. The Labute approximate surface area is 194 Å². The molecule has 2 aromatic carbocycles. The predicted molar refractivity (Wildman–Crippen MR) is 128 cm³/mol. The number of rotatable bonds is 4. The Morgan fingerprint density at radius 1 is 0.939 bits per heavy atom. The number of nitrogens with zero attached hydrogens (tertiary/aromatic N) is 3. The zero-order chi connectivity index (χ0) is 22.4. The van der Waals surface area contributed by atoms with Gasteiger partial charge in [-0.25, -0.2) is 4.98 Å². The van der Waals surface area contributed by atoms with Gasteiger partial charge >= 0.3 is 0 Å². The van der Waals surface area contributed by atoms with E-state index in [-0.39, 0.29) is 11.8 Å². The van der Waals surface area contributed by atoms with Crippen LogP contribution in [-0.2, 0) is 0 Å². The lowest BCUT2D eigenvalue weighted by Gasteiger charge is -2.26. The Bertz CT molecular complexity index is 1200. The van der Waals surface area contributed by atoms with Crippen LogP contribution in [0, 0.1) is 5.92 Å². The number of aromatic nitrogens is 2. The number of benzene rings is 2. The van der Waals surface area contributed by atoms with Crippen molar-refractivity contribution in [1.29, 1.82) is 0 Å². The fourth-order valence-corrected chi connectivity index (χ4v) is 6.20. The van der Waals surface area contributed by atoms with Crippen LogP contribution in [0.4, 0.5) is 5.69 Å². The molecule has 2 saturated carbocycles. The number of fused-ring (bicyclic) bond motifs is 3. The third-order valence-corrected chi connectivity index (χ3v) is 7.82. The second-order valence-electron chi connectivity index (χ2n) is 9.95. The molecule has 1 aliphatic heterocycles. The molecule has 1 N–H and O–H groups in total. The predicted octanol–water partition coefficient (Wildman–Crippen LogP) is 5.42. The Balaban J connectivity index is 1.41. The number of nitrogens with one attached hydrogen (secondary N) is 1. The van der Waals surface area contributed by atoms with Crippen molar-refractivity contribution in [2.24, 2.45) is 5.92 Å². The van der Waals surface area contributed by atoms with Crippen LogP contribution < -0.4 is 5.32 Å². The van der Waals surface area contributed by atoms with Gasteiger partial charge in [0.25, 0.3) is 11.8 Å². The molecule has 2 atom stereocenters. The van der Waals surface area contributed by atoms with Crippen LogP contribution in [0.15, 0.2) is 48.8 Å². The summed E-state index contributed by atoms with van der Waals surface area (Å²) < 4.78 is 2.22. The number of imidazole rings is 1. The summed E-state index contributed by atoms with van der Waals surface area (Å²) in [6, 6.07) is 13.7. The van der Waals surface area contributed by atoms with Crippen LogP contribution in [0.3, 0.4) is 0 Å². The summed E-state index contributed by atoms with van der Waals surface area (Å²) in [4.78, 5) is 33.5. The molecule has 0 radical (unpaired) electrons. The van der Waals surface area contributed by atoms with Crippen molar-refractivity contribution in [2.45, 2.75) is 63.5 Å². The molecule has 3 aromatic rings. The van der Waals surface area contributed by atoms with Crippen molar-refractivity contribution >= 4 is 28.5 Å². The van der Waals surface area contributed by atoms with E-state index < -0.39 is 0 Å². The van der Waals surface area contributed by atoms with E-state index in [1.54, 1.807) is 12.1 Å². The minimum absolute atomic E-state index is 0.0879. The Kier molecular flexibility index (Phi) is 5.16. The highest BCUT2D eigenvalue weighted by atomic mass is 16.2. The summed E-state index contributed by atoms with van der Waals surface area (Å²) in [7, 11) is 0. The molecule has 33 heavy (non-hydrogen) atoms. The highest BCUT2D eigenvalue weighted by Gasteiger charge is 2.39. The summed E-state index contributed by atoms with van der Waals surface area (Å²) >= 11 is 0. The summed E-state index contributed by atoms with van der Waals surface area (Å²) in [6.07, 6.45) is 11.2. The quantitative estimate of drug-likeness (QED) is 0.587. The minimum Gasteiger partial charge on any atom is -0.335 e. The van der Waals surface area contributed by atoms with E-state index in [2.05, 4.69) is 19.8 Å². The van der Waals surface area contributed by atoms with Crippen molar-refractivity contribution < 1.29 is 9.59 Å². The third-order valence-electron chi connectivity index (χ3n) is 7.82. The monoisotopic (exact) mass is 442 g/mol. The Morgan fingerprint density at radius 3 is 2.52 bits per heavy atom. The van der Waals surface area contributed by atoms with E-state index in [0.29, 0.717) is 34.8 Å². The van der Waals surface area contributed by atoms with Gasteiger partial charge in [0.15, 0.2) is 0 Å². The minimum atomic E-state index is -0.180. The average molecular weight is 443 g/mol. The zero-order valence-corrected chi connectivity index (χ0v) is 18.9. The van der Waals surface area contributed by atoms with Gasteiger partial charge in [-0.05, 0) is 62.3 Å². The summed E-state index contributed by atoms with van der Waals surface area (Å²) in [5.74, 6) is 0.537. The number of hydrogen-bond donors (Lipinski definition) is 1. The van der Waals surface area contributed by atoms with E-state index in [1.807, 2.05) is 36.7 Å². The molecule has 1 saturated heterocycles. The van der Waals surface area contributed by atoms with E-state index >= 15 is 0 Å². The highest BCUT2D eigenvalue weighted by Crippen LogP contribution is 2.39. The number of carbonyl (C=O) groups excluding carboxylic acids is 2. The normalized spacial score (nSPS) is 22.7. The molecule has 6 rings (SSSR count). The average Bonchev–Trinajstić information content (AvgIpc) is 3.57. The van der Waals surface area contributed by atoms with Crippen LogP contribution in [-0.4, -0.2) is 38.9 Å². The van der Waals surface area contributed by atoms with Gasteiger partial charge in [-0.3, -0.25) is 9.59 Å². The lowest BCUT2D eigenvalue weighted by Crippen LogP contribution is -2.35. The van der Waals surface area contributed by atoms with Crippen LogP contribution in [0.25, 0.3) is 11.0 Å². The Hall–Kier alpha value is -3.15. The molecule has 3 aliphatic rings. The highest BCUT2D eigenvalue weighted by molar-refractivity contribution is 6.10. The summed E-state index contributed by atoms with van der Waals surface area (Å²) in [5, 5.41) is 3.00. The standard InChI is InChI=1S/C27H30N4O2/c32-26(19-8-2-1-3-9-19)29-20-14-23(27(33)30-16-18-7-6-12-22(30)13-18)25-24(15-20)28-17-31(25)21-10-4-5-11-21/h1-3,8-9,14-15,17-18,21-22H,4-7,10-13,16H2,(H,29,32)/t18-,22+/m1/s1. The number of carbonyl (C=O) groups is 2. The lowest BCUT2D eigenvalue weighted by atomic mass is 9.90. The third kappa shape index (κ3) is 3.71. The number of anilines is 1. The molecular weight excluding hydrogens is 412 g/mol. The smallest absolute Gasteiger partial charge is 0.256 e. The largest absolute Gasteiger partial charge is 0.335 e. The van der Waals surface area contributed by atoms with E-state index in [0.717, 1.165) is 43.3 Å². The Morgan fingerprint density at radius 2 is 1.73 bits per heavy atom. The molecule has 2 amide bonds. The fourth-order valence-electron chi connectivity index (χ4n) is 6.20. The van der Waals surface area contributed by atoms with Gasteiger partial charge in [-0.1, -0.05) is 37.5 Å². The first-order valence-electron chi connectivity index (χ1n) is 12.4. The van der Waals surface area contributed by atoms with Crippen molar-refractivity contribution in [2.75, 3.05) is 11.9 Å². The fraction of sp³-hybridized carbons (Fsp3) is 0.444. The number of likely N-dealkylation sites (tertiary alicyclic amines) is 1. The maximum atomic E-state index is 13.9. The molecule has 6 nitrogen and oxygen atoms in total. The molecule has 2 heterocycles. The molecule has 1 aromatic heterocycles. The number of hydrogen-bond acceptors (Lipinski definition) is 3. The van der Waals surface area contributed by atoms with Gasteiger partial charge < -0.3 is 14.8 Å². The molecule has 3 fully saturated rings. The van der Waals surface area contributed by atoms with Crippen LogP contribution >= 0.6 is 0 Å². The van der Waals surface area contributed by atoms with Gasteiger partial charge in [0.2, 0.25) is 0 Å². The van der Waals surface area contributed by atoms with Gasteiger partial charge in [0.05, 0.1) is 22.9 Å². The van der Waals surface area contributed by atoms with E-state index in [1.165, 1.54) is 25.7 Å². The van der Waals surface area contributed by atoms with Gasteiger partial charge in [-0.15, -0.1) is 0 Å². The first kappa shape index (κ1) is 20.5. The summed E-state index contributed by atoms with van der Waals surface area (Å²) in [5.41, 5.74) is 3.59. The first-order chi connectivity index (χ1) is 16.2. The van der Waals surface area contributed by atoms with Crippen molar-refractivity contribution in [3.8, 4) is 0 Å². The SMILES string of the molecule is O=C(Nc1cc(C(=O)N2C[C@@H]3CCC[C@H]2C3)c2c(c1)ncn2C1CCCC1)c1ccccc1. The summed E-state index contributed by atoms with van der Waals surface area (Å²) in [6.45, 7) is 0.850.